The van der Waals surface area contributed by atoms with Gasteiger partial charge in [0.25, 0.3) is 0 Å². The predicted molar refractivity (Wildman–Crippen MR) is 82.9 cm³/mol. The van der Waals surface area contributed by atoms with Crippen molar-refractivity contribution in [2.45, 2.75) is 32.6 Å². The fourth-order valence-corrected chi connectivity index (χ4v) is 2.46. The number of aryl methyl sites for hydroxylation is 2. The molecule has 0 atom stereocenters. The molecule has 0 bridgehead atoms. The van der Waals surface area contributed by atoms with Crippen molar-refractivity contribution in [3.63, 3.8) is 0 Å². The summed E-state index contributed by atoms with van der Waals surface area (Å²) in [7, 11) is 0. The summed E-state index contributed by atoms with van der Waals surface area (Å²) in [6, 6.07) is 15.9. The summed E-state index contributed by atoms with van der Waals surface area (Å²) in [4.78, 5) is 10.7. The highest BCUT2D eigenvalue weighted by Crippen LogP contribution is 2.24. The summed E-state index contributed by atoms with van der Waals surface area (Å²) in [5.41, 5.74) is 3.41. The second kappa shape index (κ2) is 7.48. The zero-order valence-electron chi connectivity index (χ0n) is 12.2. The second-order valence-corrected chi connectivity index (χ2v) is 5.11. The Kier molecular flexibility index (Phi) is 5.38. The van der Waals surface area contributed by atoms with E-state index < -0.39 is 6.16 Å². The van der Waals surface area contributed by atoms with Crippen molar-refractivity contribution < 1.29 is 14.6 Å². The minimum absolute atomic E-state index is 0.460. The summed E-state index contributed by atoms with van der Waals surface area (Å²) >= 11 is 0. The maximum absolute atomic E-state index is 10.7. The van der Waals surface area contributed by atoms with E-state index in [2.05, 4.69) is 24.3 Å². The third-order valence-corrected chi connectivity index (χ3v) is 3.55. The Labute approximate surface area is 125 Å². The van der Waals surface area contributed by atoms with Gasteiger partial charge in [0.05, 0.1) is 0 Å². The van der Waals surface area contributed by atoms with E-state index in [-0.39, 0.29) is 0 Å². The lowest BCUT2D eigenvalue weighted by molar-refractivity contribution is 0.144. The van der Waals surface area contributed by atoms with Gasteiger partial charge in [0, 0.05) is 0 Å². The first-order chi connectivity index (χ1) is 10.2. The number of unbranched alkanes of at least 4 members (excludes halogenated alkanes) is 1. The van der Waals surface area contributed by atoms with Crippen molar-refractivity contribution in [3.8, 4) is 5.75 Å². The molecule has 0 aliphatic carbocycles. The van der Waals surface area contributed by atoms with Crippen LogP contribution in [0.1, 0.15) is 29.5 Å². The molecule has 0 aliphatic rings. The Morgan fingerprint density at radius 1 is 1.00 bits per heavy atom. The first kappa shape index (κ1) is 15.1. The maximum Gasteiger partial charge on any atom is 0.511 e. The van der Waals surface area contributed by atoms with E-state index in [9.17, 15) is 4.79 Å². The Morgan fingerprint density at radius 3 is 2.43 bits per heavy atom. The van der Waals surface area contributed by atoms with E-state index >= 15 is 0 Å². The van der Waals surface area contributed by atoms with Gasteiger partial charge in [-0.15, -0.1) is 0 Å². The van der Waals surface area contributed by atoms with Crippen LogP contribution in [0.15, 0.2) is 48.5 Å². The molecule has 0 radical (unpaired) electrons. The molecule has 21 heavy (non-hydrogen) atoms. The summed E-state index contributed by atoms with van der Waals surface area (Å²) < 4.78 is 4.86. The molecule has 0 spiro atoms. The van der Waals surface area contributed by atoms with Crippen LogP contribution in [0.2, 0.25) is 0 Å². The van der Waals surface area contributed by atoms with Crippen LogP contribution in [0.25, 0.3) is 0 Å². The average Bonchev–Trinajstić information content (AvgIpc) is 2.46. The fourth-order valence-electron chi connectivity index (χ4n) is 2.46. The highest BCUT2D eigenvalue weighted by molar-refractivity contribution is 5.62. The largest absolute Gasteiger partial charge is 0.511 e. The second-order valence-electron chi connectivity index (χ2n) is 5.11. The van der Waals surface area contributed by atoms with Gasteiger partial charge in [-0.05, 0) is 55.4 Å². The van der Waals surface area contributed by atoms with Crippen molar-refractivity contribution in [2.75, 3.05) is 0 Å². The molecule has 2 rings (SSSR count). The molecule has 110 valence electrons. The fraction of sp³-hybridized carbons (Fsp3) is 0.278. The molecule has 0 amide bonds. The molecular weight excluding hydrogens is 264 g/mol. The molecule has 0 fully saturated rings. The van der Waals surface area contributed by atoms with E-state index in [4.69, 9.17) is 9.84 Å². The molecule has 0 saturated heterocycles. The number of hydrogen-bond acceptors (Lipinski definition) is 2. The van der Waals surface area contributed by atoms with Crippen molar-refractivity contribution in [2.24, 2.45) is 0 Å². The smallest absolute Gasteiger partial charge is 0.449 e. The summed E-state index contributed by atoms with van der Waals surface area (Å²) in [5.74, 6) is 0.460. The molecule has 0 aliphatic heterocycles. The van der Waals surface area contributed by atoms with Gasteiger partial charge >= 0.3 is 6.16 Å². The first-order valence-electron chi connectivity index (χ1n) is 7.20. The van der Waals surface area contributed by atoms with Gasteiger partial charge in [-0.25, -0.2) is 4.79 Å². The highest BCUT2D eigenvalue weighted by Gasteiger charge is 2.09. The standard InChI is InChI=1S/C18H20O3/c1-14-8-7-13-17(21-18(19)20)16(14)12-6-5-11-15-9-3-2-4-10-15/h2-4,7-10,13H,5-6,11-12H2,1H3,(H,19,20). The summed E-state index contributed by atoms with van der Waals surface area (Å²) in [6.07, 6.45) is 2.70. The van der Waals surface area contributed by atoms with E-state index in [1.807, 2.05) is 25.1 Å². The zero-order valence-corrected chi connectivity index (χ0v) is 12.2. The van der Waals surface area contributed by atoms with Gasteiger partial charge in [-0.3, -0.25) is 0 Å². The lowest BCUT2D eigenvalue weighted by Crippen LogP contribution is -2.06. The van der Waals surface area contributed by atoms with Crippen LogP contribution in [0.4, 0.5) is 4.79 Å². The molecule has 3 heteroatoms. The molecule has 2 aromatic carbocycles. The number of carbonyl (C=O) groups is 1. The number of carboxylic acid groups (broad SMARTS) is 1. The highest BCUT2D eigenvalue weighted by atomic mass is 16.7. The monoisotopic (exact) mass is 284 g/mol. The zero-order chi connectivity index (χ0) is 15.1. The first-order valence-corrected chi connectivity index (χ1v) is 7.20. The molecule has 0 unspecified atom stereocenters. The molecule has 0 aromatic heterocycles. The van der Waals surface area contributed by atoms with Crippen LogP contribution in [-0.2, 0) is 12.8 Å². The molecule has 0 saturated carbocycles. The third-order valence-electron chi connectivity index (χ3n) is 3.55. The van der Waals surface area contributed by atoms with Crippen LogP contribution in [0.5, 0.6) is 5.75 Å². The predicted octanol–water partition coefficient (Wildman–Crippen LogP) is 4.62. The number of benzene rings is 2. The van der Waals surface area contributed by atoms with Crippen molar-refractivity contribution in [1.29, 1.82) is 0 Å². The quantitative estimate of drug-likeness (QED) is 0.478. The Balaban J connectivity index is 1.92. The SMILES string of the molecule is Cc1cccc(OC(=O)O)c1CCCCc1ccccc1. The molecule has 0 heterocycles. The number of ether oxygens (including phenoxy) is 1. The Hall–Kier alpha value is -2.29. The molecule has 3 nitrogen and oxygen atoms in total. The van der Waals surface area contributed by atoms with Crippen LogP contribution < -0.4 is 4.74 Å². The lowest BCUT2D eigenvalue weighted by Gasteiger charge is -2.11. The van der Waals surface area contributed by atoms with Gasteiger partial charge in [-0.2, -0.15) is 0 Å². The topological polar surface area (TPSA) is 46.5 Å². The van der Waals surface area contributed by atoms with Gasteiger partial charge in [0.15, 0.2) is 0 Å². The van der Waals surface area contributed by atoms with E-state index in [1.54, 1.807) is 6.07 Å². The number of rotatable bonds is 6. The van der Waals surface area contributed by atoms with Crippen molar-refractivity contribution >= 4 is 6.16 Å². The normalized spacial score (nSPS) is 10.3. The Morgan fingerprint density at radius 2 is 1.71 bits per heavy atom. The van der Waals surface area contributed by atoms with Crippen LogP contribution >= 0.6 is 0 Å². The Bertz CT molecular complexity index is 591. The van der Waals surface area contributed by atoms with Gasteiger partial charge in [-0.1, -0.05) is 42.5 Å². The molecular formula is C18H20O3. The maximum atomic E-state index is 10.7. The van der Waals surface area contributed by atoms with Crippen molar-refractivity contribution in [1.82, 2.24) is 0 Å². The summed E-state index contributed by atoms with van der Waals surface area (Å²) in [5, 5.41) is 8.78. The van der Waals surface area contributed by atoms with Crippen LogP contribution in [0.3, 0.4) is 0 Å². The lowest BCUT2D eigenvalue weighted by atomic mass is 9.99. The van der Waals surface area contributed by atoms with Crippen molar-refractivity contribution in [3.05, 3.63) is 65.2 Å². The average molecular weight is 284 g/mol. The van der Waals surface area contributed by atoms with E-state index in [0.717, 1.165) is 36.8 Å². The van der Waals surface area contributed by atoms with Crippen LogP contribution in [-0.4, -0.2) is 11.3 Å². The minimum atomic E-state index is -1.26. The molecule has 2 aromatic rings. The minimum Gasteiger partial charge on any atom is -0.449 e. The van der Waals surface area contributed by atoms with Gasteiger partial charge in [0.2, 0.25) is 0 Å². The summed E-state index contributed by atoms with van der Waals surface area (Å²) in [6.45, 7) is 1.99. The van der Waals surface area contributed by atoms with E-state index in [0.29, 0.717) is 5.75 Å². The molecule has 1 N–H and O–H groups in total. The van der Waals surface area contributed by atoms with Crippen LogP contribution in [0, 0.1) is 6.92 Å². The van der Waals surface area contributed by atoms with Gasteiger partial charge < -0.3 is 9.84 Å². The third kappa shape index (κ3) is 4.63. The van der Waals surface area contributed by atoms with E-state index in [1.165, 1.54) is 5.56 Å². The number of hydrogen-bond donors (Lipinski definition) is 1. The van der Waals surface area contributed by atoms with Gasteiger partial charge in [0.1, 0.15) is 5.75 Å².